The summed E-state index contributed by atoms with van der Waals surface area (Å²) >= 11 is 5.42. The maximum Gasteiger partial charge on any atom is 0.173 e. The summed E-state index contributed by atoms with van der Waals surface area (Å²) in [5.74, 6) is 0.957. The molecule has 5 nitrogen and oxygen atoms in total. The minimum absolute atomic E-state index is 0.707. The molecule has 1 N–H and O–H groups in total. The van der Waals surface area contributed by atoms with Crippen LogP contribution in [-0.2, 0) is 13.1 Å². The molecule has 3 rings (SSSR count). The zero-order chi connectivity index (χ0) is 12.4. The van der Waals surface area contributed by atoms with Gasteiger partial charge >= 0.3 is 0 Å². The Morgan fingerprint density at radius 1 is 1.22 bits per heavy atom. The molecular formula is C12H13N5S. The van der Waals surface area contributed by atoms with Crippen LogP contribution in [-0.4, -0.2) is 31.3 Å². The lowest BCUT2D eigenvalue weighted by Gasteiger charge is -2.29. The van der Waals surface area contributed by atoms with Crippen LogP contribution in [0.1, 0.15) is 5.82 Å². The van der Waals surface area contributed by atoms with Crippen molar-refractivity contribution in [1.82, 2.24) is 19.7 Å². The Morgan fingerprint density at radius 2 is 2.06 bits per heavy atom. The fraction of sp³-hybridized carbons (Fsp3) is 0.250. The zero-order valence-corrected chi connectivity index (χ0v) is 10.6. The van der Waals surface area contributed by atoms with E-state index in [2.05, 4.69) is 25.0 Å². The third kappa shape index (κ3) is 2.19. The molecule has 2 aromatic rings. The highest BCUT2D eigenvalue weighted by Crippen LogP contribution is 2.12. The Kier molecular flexibility index (Phi) is 2.93. The topological polar surface area (TPSA) is 46.0 Å². The molecule has 0 amide bonds. The molecule has 2 heterocycles. The van der Waals surface area contributed by atoms with Gasteiger partial charge < -0.3 is 14.8 Å². The second-order valence-electron chi connectivity index (χ2n) is 4.16. The second kappa shape index (κ2) is 4.73. The van der Waals surface area contributed by atoms with Crippen molar-refractivity contribution >= 4 is 23.0 Å². The molecule has 0 radical (unpaired) electrons. The fourth-order valence-electron chi connectivity index (χ4n) is 1.96. The van der Waals surface area contributed by atoms with Crippen molar-refractivity contribution in [3.8, 4) is 0 Å². The molecule has 92 valence electrons. The SMILES string of the molecule is S=C(Nc1ccccc1)N1CCn2cnnc2C1. The van der Waals surface area contributed by atoms with Gasteiger partial charge in [-0.2, -0.15) is 0 Å². The summed E-state index contributed by atoms with van der Waals surface area (Å²) < 4.78 is 2.06. The minimum atomic E-state index is 0.707. The molecule has 0 saturated carbocycles. The smallest absolute Gasteiger partial charge is 0.173 e. The molecule has 0 unspecified atom stereocenters. The number of hydrogen-bond acceptors (Lipinski definition) is 3. The van der Waals surface area contributed by atoms with Crippen molar-refractivity contribution in [3.63, 3.8) is 0 Å². The van der Waals surface area contributed by atoms with E-state index in [1.54, 1.807) is 6.33 Å². The molecule has 1 aliphatic rings. The minimum Gasteiger partial charge on any atom is -0.340 e. The van der Waals surface area contributed by atoms with Crippen LogP contribution in [0.4, 0.5) is 5.69 Å². The van der Waals surface area contributed by atoms with Gasteiger partial charge in [0.15, 0.2) is 10.9 Å². The molecular weight excluding hydrogens is 246 g/mol. The molecule has 1 aliphatic heterocycles. The summed E-state index contributed by atoms with van der Waals surface area (Å²) in [6.45, 7) is 2.46. The first kappa shape index (κ1) is 11.2. The number of anilines is 1. The lowest BCUT2D eigenvalue weighted by molar-refractivity contribution is 0.334. The van der Waals surface area contributed by atoms with Crippen molar-refractivity contribution in [1.29, 1.82) is 0 Å². The molecule has 1 aromatic carbocycles. The number of hydrogen-bond donors (Lipinski definition) is 1. The van der Waals surface area contributed by atoms with Gasteiger partial charge in [-0.1, -0.05) is 18.2 Å². The number of fused-ring (bicyclic) bond motifs is 1. The Labute approximate surface area is 110 Å². The number of aromatic nitrogens is 3. The van der Waals surface area contributed by atoms with Crippen LogP contribution in [0.2, 0.25) is 0 Å². The van der Waals surface area contributed by atoms with Gasteiger partial charge in [-0.05, 0) is 24.4 Å². The van der Waals surface area contributed by atoms with E-state index in [9.17, 15) is 0 Å². The number of thiocarbonyl (C=S) groups is 1. The van der Waals surface area contributed by atoms with Crippen LogP contribution in [0.5, 0.6) is 0 Å². The van der Waals surface area contributed by atoms with Gasteiger partial charge in [0.1, 0.15) is 6.33 Å². The van der Waals surface area contributed by atoms with Crippen molar-refractivity contribution in [3.05, 3.63) is 42.5 Å². The summed E-state index contributed by atoms with van der Waals surface area (Å²) in [7, 11) is 0. The number of benzene rings is 1. The number of rotatable bonds is 1. The summed E-state index contributed by atoms with van der Waals surface area (Å²) in [6, 6.07) is 9.95. The monoisotopic (exact) mass is 259 g/mol. The predicted octanol–water partition coefficient (Wildman–Crippen LogP) is 1.49. The second-order valence-corrected chi connectivity index (χ2v) is 4.54. The Bertz CT molecular complexity index is 551. The molecule has 0 atom stereocenters. The molecule has 18 heavy (non-hydrogen) atoms. The van der Waals surface area contributed by atoms with Crippen LogP contribution < -0.4 is 5.32 Å². The van der Waals surface area contributed by atoms with Gasteiger partial charge in [-0.3, -0.25) is 0 Å². The quantitative estimate of drug-likeness (QED) is 0.786. The van der Waals surface area contributed by atoms with E-state index < -0.39 is 0 Å². The lowest BCUT2D eigenvalue weighted by atomic mass is 10.3. The van der Waals surface area contributed by atoms with E-state index in [1.165, 1.54) is 0 Å². The predicted molar refractivity (Wildman–Crippen MR) is 73.1 cm³/mol. The average Bonchev–Trinajstić information content (AvgIpc) is 2.87. The molecule has 0 spiro atoms. The zero-order valence-electron chi connectivity index (χ0n) is 9.78. The van der Waals surface area contributed by atoms with E-state index in [0.29, 0.717) is 6.54 Å². The third-order valence-corrected chi connectivity index (χ3v) is 3.31. The van der Waals surface area contributed by atoms with Gasteiger partial charge in [-0.15, -0.1) is 10.2 Å². The third-order valence-electron chi connectivity index (χ3n) is 2.95. The van der Waals surface area contributed by atoms with Crippen LogP contribution in [0, 0.1) is 0 Å². The van der Waals surface area contributed by atoms with Gasteiger partial charge in [0, 0.05) is 18.8 Å². The highest BCUT2D eigenvalue weighted by atomic mass is 32.1. The Hall–Kier alpha value is -1.95. The highest BCUT2D eigenvalue weighted by Gasteiger charge is 2.19. The molecule has 1 aromatic heterocycles. The standard InChI is InChI=1S/C12H13N5S/c18-12(14-10-4-2-1-3-5-10)16-6-7-17-9-13-15-11(17)8-16/h1-5,9H,6-8H2,(H,14,18). The Balaban J connectivity index is 1.68. The molecule has 0 aliphatic carbocycles. The molecule has 0 fully saturated rings. The molecule has 0 saturated heterocycles. The lowest BCUT2D eigenvalue weighted by Crippen LogP contribution is -2.40. The maximum absolute atomic E-state index is 5.42. The summed E-state index contributed by atoms with van der Waals surface area (Å²) in [4.78, 5) is 2.10. The molecule has 6 heteroatoms. The first-order valence-corrected chi connectivity index (χ1v) is 6.21. The van der Waals surface area contributed by atoms with Crippen molar-refractivity contribution in [2.24, 2.45) is 0 Å². The first-order chi connectivity index (χ1) is 8.83. The summed E-state index contributed by atoms with van der Waals surface area (Å²) in [5, 5.41) is 12.0. The van der Waals surface area contributed by atoms with Crippen LogP contribution in [0.25, 0.3) is 0 Å². The average molecular weight is 259 g/mol. The highest BCUT2D eigenvalue weighted by molar-refractivity contribution is 7.80. The van der Waals surface area contributed by atoms with Crippen molar-refractivity contribution in [2.45, 2.75) is 13.1 Å². The largest absolute Gasteiger partial charge is 0.340 e. The van der Waals surface area contributed by atoms with E-state index in [-0.39, 0.29) is 0 Å². The van der Waals surface area contributed by atoms with Gasteiger partial charge in [0.05, 0.1) is 6.54 Å². The summed E-state index contributed by atoms with van der Waals surface area (Å²) in [5.41, 5.74) is 1.01. The van der Waals surface area contributed by atoms with E-state index >= 15 is 0 Å². The normalized spacial score (nSPS) is 14.1. The summed E-state index contributed by atoms with van der Waals surface area (Å²) in [6.07, 6.45) is 1.76. The Morgan fingerprint density at radius 3 is 2.89 bits per heavy atom. The van der Waals surface area contributed by atoms with Gasteiger partial charge in [0.25, 0.3) is 0 Å². The maximum atomic E-state index is 5.42. The first-order valence-electron chi connectivity index (χ1n) is 5.80. The number of nitrogens with one attached hydrogen (secondary N) is 1. The number of nitrogens with zero attached hydrogens (tertiary/aromatic N) is 4. The van der Waals surface area contributed by atoms with Crippen molar-refractivity contribution in [2.75, 3.05) is 11.9 Å². The van der Waals surface area contributed by atoms with Crippen molar-refractivity contribution < 1.29 is 0 Å². The van der Waals surface area contributed by atoms with Gasteiger partial charge in [-0.25, -0.2) is 0 Å². The van der Waals surface area contributed by atoms with Gasteiger partial charge in [0.2, 0.25) is 0 Å². The van der Waals surface area contributed by atoms with E-state index in [0.717, 1.165) is 29.7 Å². The van der Waals surface area contributed by atoms with Crippen LogP contribution >= 0.6 is 12.2 Å². The van der Waals surface area contributed by atoms with E-state index in [1.807, 2.05) is 30.3 Å². The van der Waals surface area contributed by atoms with Crippen LogP contribution in [0.15, 0.2) is 36.7 Å². The van der Waals surface area contributed by atoms with Crippen LogP contribution in [0.3, 0.4) is 0 Å². The fourth-order valence-corrected chi connectivity index (χ4v) is 2.24. The molecule has 0 bridgehead atoms. The van der Waals surface area contributed by atoms with E-state index in [4.69, 9.17) is 12.2 Å². The number of para-hydroxylation sites is 1.